The third-order valence-electron chi connectivity index (χ3n) is 5.17. The maximum atomic E-state index is 12.5. The third-order valence-corrected chi connectivity index (χ3v) is 5.17. The largest absolute Gasteiger partial charge is 0.490 e. The van der Waals surface area contributed by atoms with Crippen molar-refractivity contribution in [3.05, 3.63) is 46.0 Å². The number of fused-ring (bicyclic) bond motifs is 5. The number of carbonyl (C=O) groups excluding carboxylic acids is 2. The van der Waals surface area contributed by atoms with Gasteiger partial charge in [0, 0.05) is 11.6 Å². The van der Waals surface area contributed by atoms with Crippen LogP contribution >= 0.6 is 0 Å². The number of amides is 2. The van der Waals surface area contributed by atoms with Crippen LogP contribution in [0.2, 0.25) is 0 Å². The minimum atomic E-state index is -0.559. The number of methoxy groups -OCH3 is 1. The lowest BCUT2D eigenvalue weighted by atomic mass is 9.85. The molecule has 0 aromatic heterocycles. The standard InChI is InChI=1S/C17H15N3O5/c1-25-13-5-2-9(6-12(13)20(23)24)8-18-19-16(21)14-10-3-4-11(7-10)15(14)17(19)22/h2-6,8,10-11,14-15H,7H2,1H3/b18-8-/t10-,11+,14-,15+. The van der Waals surface area contributed by atoms with Gasteiger partial charge in [-0.3, -0.25) is 19.7 Å². The topological polar surface area (TPSA) is 102 Å². The van der Waals surface area contributed by atoms with E-state index in [1.54, 1.807) is 6.07 Å². The van der Waals surface area contributed by atoms with Gasteiger partial charge in [0.05, 0.1) is 30.1 Å². The van der Waals surface area contributed by atoms with Gasteiger partial charge in [-0.25, -0.2) is 0 Å². The Bertz CT molecular complexity index is 817. The molecule has 8 heteroatoms. The summed E-state index contributed by atoms with van der Waals surface area (Å²) in [6, 6.07) is 4.32. The summed E-state index contributed by atoms with van der Waals surface area (Å²) in [5.41, 5.74) is 0.205. The maximum absolute atomic E-state index is 12.5. The zero-order valence-corrected chi connectivity index (χ0v) is 13.4. The first kappa shape index (κ1) is 15.5. The second-order valence-electron chi connectivity index (χ2n) is 6.42. The van der Waals surface area contributed by atoms with Crippen LogP contribution in [0.25, 0.3) is 0 Å². The summed E-state index contributed by atoms with van der Waals surface area (Å²) in [5.74, 6) is -0.831. The summed E-state index contributed by atoms with van der Waals surface area (Å²) in [6.45, 7) is 0. The Morgan fingerprint density at radius 3 is 2.44 bits per heavy atom. The number of hydrogen-bond donors (Lipinski definition) is 0. The van der Waals surface area contributed by atoms with E-state index in [0.29, 0.717) is 5.56 Å². The van der Waals surface area contributed by atoms with Gasteiger partial charge in [0.2, 0.25) is 0 Å². The van der Waals surface area contributed by atoms with E-state index in [4.69, 9.17) is 4.74 Å². The van der Waals surface area contributed by atoms with Crippen molar-refractivity contribution in [1.29, 1.82) is 0 Å². The van der Waals surface area contributed by atoms with Crippen LogP contribution in [0.1, 0.15) is 12.0 Å². The molecule has 0 N–H and O–H groups in total. The van der Waals surface area contributed by atoms with Gasteiger partial charge in [-0.15, -0.1) is 0 Å². The summed E-state index contributed by atoms with van der Waals surface area (Å²) >= 11 is 0. The lowest BCUT2D eigenvalue weighted by molar-refractivity contribution is -0.385. The van der Waals surface area contributed by atoms with Gasteiger partial charge in [-0.1, -0.05) is 12.2 Å². The van der Waals surface area contributed by atoms with Crippen LogP contribution in [0.4, 0.5) is 5.69 Å². The molecule has 2 amide bonds. The van der Waals surface area contributed by atoms with Gasteiger partial charge in [-0.05, 0) is 30.4 Å². The fourth-order valence-corrected chi connectivity index (χ4v) is 4.05. The predicted molar refractivity (Wildman–Crippen MR) is 86.8 cm³/mol. The number of benzene rings is 1. The molecule has 0 unspecified atom stereocenters. The highest BCUT2D eigenvalue weighted by molar-refractivity contribution is 6.06. The summed E-state index contributed by atoms with van der Waals surface area (Å²) in [7, 11) is 1.35. The SMILES string of the molecule is COc1ccc(/C=N\N2C(=O)[C@@H]3[C@H](C2=O)[C@@H]2C=C[C@H]3C2)cc1[N+](=O)[O-]. The molecule has 4 atom stereocenters. The van der Waals surface area contributed by atoms with Crippen LogP contribution in [-0.4, -0.2) is 35.1 Å². The smallest absolute Gasteiger partial charge is 0.311 e. The zero-order chi connectivity index (χ0) is 17.7. The Labute approximate surface area is 142 Å². The van der Waals surface area contributed by atoms with Gasteiger partial charge in [-0.2, -0.15) is 10.1 Å². The van der Waals surface area contributed by atoms with E-state index in [2.05, 4.69) is 5.10 Å². The van der Waals surface area contributed by atoms with Gasteiger partial charge in [0.1, 0.15) is 0 Å². The Morgan fingerprint density at radius 1 is 1.24 bits per heavy atom. The average Bonchev–Trinajstić information content (AvgIpc) is 3.28. The van der Waals surface area contributed by atoms with Crippen molar-refractivity contribution >= 4 is 23.7 Å². The normalized spacial score (nSPS) is 29.7. The molecule has 4 rings (SSSR count). The molecule has 1 saturated heterocycles. The van der Waals surface area contributed by atoms with Crippen LogP contribution in [-0.2, 0) is 9.59 Å². The second-order valence-corrected chi connectivity index (χ2v) is 6.42. The number of rotatable bonds is 4. The highest BCUT2D eigenvalue weighted by atomic mass is 16.6. The summed E-state index contributed by atoms with van der Waals surface area (Å²) in [4.78, 5) is 35.5. The Balaban J connectivity index is 1.59. The van der Waals surface area contributed by atoms with Gasteiger partial charge in [0.25, 0.3) is 11.8 Å². The second kappa shape index (κ2) is 5.51. The summed E-state index contributed by atoms with van der Waals surface area (Å²) in [6.07, 6.45) is 6.17. The number of carbonyl (C=O) groups is 2. The number of hydrogen-bond acceptors (Lipinski definition) is 6. The highest BCUT2D eigenvalue weighted by Crippen LogP contribution is 2.52. The molecule has 25 heavy (non-hydrogen) atoms. The number of nitro benzene ring substituents is 1. The highest BCUT2D eigenvalue weighted by Gasteiger charge is 2.59. The van der Waals surface area contributed by atoms with Crippen LogP contribution in [0, 0.1) is 33.8 Å². The first-order chi connectivity index (χ1) is 12.0. The molecule has 1 aromatic rings. The molecule has 1 heterocycles. The van der Waals surface area contributed by atoms with Gasteiger partial charge in [0.15, 0.2) is 5.75 Å². The van der Waals surface area contributed by atoms with Crippen molar-refractivity contribution in [2.45, 2.75) is 6.42 Å². The summed E-state index contributed by atoms with van der Waals surface area (Å²) < 4.78 is 4.94. The number of allylic oxidation sites excluding steroid dienone is 2. The fourth-order valence-electron chi connectivity index (χ4n) is 4.05. The van der Waals surface area contributed by atoms with E-state index in [-0.39, 0.29) is 46.9 Å². The monoisotopic (exact) mass is 341 g/mol. The van der Waals surface area contributed by atoms with E-state index >= 15 is 0 Å². The first-order valence-electron chi connectivity index (χ1n) is 7.94. The van der Waals surface area contributed by atoms with Crippen molar-refractivity contribution in [3.8, 4) is 5.75 Å². The minimum absolute atomic E-state index is 0.119. The van der Waals surface area contributed by atoms with Crippen molar-refractivity contribution in [3.63, 3.8) is 0 Å². The molecule has 2 fully saturated rings. The summed E-state index contributed by atoms with van der Waals surface area (Å²) in [5, 5.41) is 16.0. The van der Waals surface area contributed by atoms with Crippen LogP contribution < -0.4 is 4.74 Å². The lowest BCUT2D eigenvalue weighted by Crippen LogP contribution is -2.28. The minimum Gasteiger partial charge on any atom is -0.490 e. The van der Waals surface area contributed by atoms with E-state index in [9.17, 15) is 19.7 Å². The predicted octanol–water partition coefficient (Wildman–Crippen LogP) is 1.74. The van der Waals surface area contributed by atoms with E-state index < -0.39 is 4.92 Å². The van der Waals surface area contributed by atoms with Gasteiger partial charge < -0.3 is 4.74 Å². The maximum Gasteiger partial charge on any atom is 0.311 e. The molecule has 8 nitrogen and oxygen atoms in total. The Kier molecular flexibility index (Phi) is 3.41. The van der Waals surface area contributed by atoms with Crippen molar-refractivity contribution in [1.82, 2.24) is 5.01 Å². The average molecular weight is 341 g/mol. The quantitative estimate of drug-likeness (QED) is 0.273. The van der Waals surface area contributed by atoms with Crippen molar-refractivity contribution in [2.75, 3.05) is 7.11 Å². The molecule has 1 aliphatic heterocycles. The molecular formula is C17H15N3O5. The molecule has 2 aliphatic carbocycles. The number of nitrogens with zero attached hydrogens (tertiary/aromatic N) is 3. The molecule has 2 bridgehead atoms. The van der Waals surface area contributed by atoms with Gasteiger partial charge >= 0.3 is 5.69 Å². The lowest BCUT2D eigenvalue weighted by Gasteiger charge is -2.13. The van der Waals surface area contributed by atoms with Crippen molar-refractivity contribution in [2.24, 2.45) is 28.8 Å². The van der Waals surface area contributed by atoms with Crippen LogP contribution in [0.15, 0.2) is 35.5 Å². The van der Waals surface area contributed by atoms with Crippen molar-refractivity contribution < 1.29 is 19.2 Å². The first-order valence-corrected chi connectivity index (χ1v) is 7.94. The molecule has 0 radical (unpaired) electrons. The fraction of sp³-hybridized carbons (Fsp3) is 0.353. The molecule has 1 aromatic carbocycles. The number of hydrazone groups is 1. The Hall–Kier alpha value is -3.03. The number of imide groups is 1. The number of ether oxygens (including phenoxy) is 1. The number of nitro groups is 1. The van der Waals surface area contributed by atoms with E-state index in [0.717, 1.165) is 11.4 Å². The van der Waals surface area contributed by atoms with Crippen LogP contribution in [0.5, 0.6) is 5.75 Å². The molecular weight excluding hydrogens is 326 g/mol. The van der Waals surface area contributed by atoms with E-state index in [1.165, 1.54) is 25.5 Å². The molecule has 3 aliphatic rings. The third kappa shape index (κ3) is 2.25. The zero-order valence-electron chi connectivity index (χ0n) is 13.4. The van der Waals surface area contributed by atoms with E-state index in [1.807, 2.05) is 12.2 Å². The molecule has 1 saturated carbocycles. The molecule has 128 valence electrons. The Morgan fingerprint density at radius 2 is 1.88 bits per heavy atom. The molecule has 0 spiro atoms. The van der Waals surface area contributed by atoms with Crippen LogP contribution in [0.3, 0.4) is 0 Å².